The molecule has 5 nitrogen and oxygen atoms in total. The summed E-state index contributed by atoms with van der Waals surface area (Å²) in [4.78, 5) is 17.0. The van der Waals surface area contributed by atoms with Crippen LogP contribution < -0.4 is 5.32 Å². The summed E-state index contributed by atoms with van der Waals surface area (Å²) in [7, 11) is 0. The number of amides is 1. The van der Waals surface area contributed by atoms with Gasteiger partial charge in [-0.25, -0.2) is 9.50 Å². The molecule has 1 aromatic carbocycles. The fourth-order valence-electron chi connectivity index (χ4n) is 3.58. The van der Waals surface area contributed by atoms with E-state index in [2.05, 4.69) is 15.4 Å². The summed E-state index contributed by atoms with van der Waals surface area (Å²) < 4.78 is 1.59. The molecule has 2 heterocycles. The molecule has 1 aliphatic rings. The lowest BCUT2D eigenvalue weighted by atomic mass is 9.83. The molecule has 1 amide bonds. The van der Waals surface area contributed by atoms with E-state index in [1.54, 1.807) is 29.2 Å². The molecule has 0 spiro atoms. The quantitative estimate of drug-likeness (QED) is 0.742. The average Bonchev–Trinajstić information content (AvgIpc) is 3.07. The van der Waals surface area contributed by atoms with Crippen molar-refractivity contribution in [2.45, 2.75) is 38.0 Å². The molecular weight excluding hydrogens is 336 g/mol. The van der Waals surface area contributed by atoms with Crippen LogP contribution in [0, 0.1) is 0 Å². The SMILES string of the molecule is O=C(Nc1cc(Cl)ccc1C1CCCCC1)c1cnn2cccnc12. The second kappa shape index (κ2) is 6.84. The smallest absolute Gasteiger partial charge is 0.261 e. The minimum absolute atomic E-state index is 0.215. The number of fused-ring (bicyclic) bond motifs is 1. The van der Waals surface area contributed by atoms with Crippen LogP contribution in [-0.2, 0) is 0 Å². The van der Waals surface area contributed by atoms with E-state index >= 15 is 0 Å². The predicted octanol–water partition coefficient (Wildman–Crippen LogP) is 4.68. The fraction of sp³-hybridized carbons (Fsp3) is 0.316. The molecule has 0 radical (unpaired) electrons. The molecule has 2 aromatic heterocycles. The van der Waals surface area contributed by atoms with Crippen molar-refractivity contribution in [3.05, 3.63) is 59.0 Å². The first-order valence-electron chi connectivity index (χ1n) is 8.61. The maximum Gasteiger partial charge on any atom is 0.261 e. The Hall–Kier alpha value is -2.40. The number of carbonyl (C=O) groups excluding carboxylic acids is 1. The first kappa shape index (κ1) is 16.1. The number of benzene rings is 1. The topological polar surface area (TPSA) is 59.3 Å². The molecule has 4 rings (SSSR count). The third-order valence-corrected chi connectivity index (χ3v) is 5.07. The highest BCUT2D eigenvalue weighted by Gasteiger charge is 2.21. The van der Waals surface area contributed by atoms with Gasteiger partial charge in [0.15, 0.2) is 5.65 Å². The Morgan fingerprint density at radius 3 is 2.92 bits per heavy atom. The molecule has 6 heteroatoms. The highest BCUT2D eigenvalue weighted by Crippen LogP contribution is 2.37. The molecule has 0 aliphatic heterocycles. The summed E-state index contributed by atoms with van der Waals surface area (Å²) >= 11 is 6.18. The highest BCUT2D eigenvalue weighted by molar-refractivity contribution is 6.31. The summed E-state index contributed by atoms with van der Waals surface area (Å²) in [5.41, 5.74) is 2.96. The van der Waals surface area contributed by atoms with Crippen molar-refractivity contribution >= 4 is 28.8 Å². The van der Waals surface area contributed by atoms with E-state index in [4.69, 9.17) is 11.6 Å². The number of halogens is 1. The van der Waals surface area contributed by atoms with Crippen LogP contribution in [0.5, 0.6) is 0 Å². The Kier molecular flexibility index (Phi) is 4.40. The number of anilines is 1. The zero-order valence-electron chi connectivity index (χ0n) is 13.8. The monoisotopic (exact) mass is 354 g/mol. The lowest BCUT2D eigenvalue weighted by Crippen LogP contribution is -2.15. The Bertz CT molecular complexity index is 915. The summed E-state index contributed by atoms with van der Waals surface area (Å²) in [6.07, 6.45) is 11.0. The zero-order chi connectivity index (χ0) is 17.2. The Balaban J connectivity index is 1.65. The number of rotatable bonds is 3. The van der Waals surface area contributed by atoms with Crippen molar-refractivity contribution in [3.8, 4) is 0 Å². The maximum absolute atomic E-state index is 12.8. The summed E-state index contributed by atoms with van der Waals surface area (Å²) in [5.74, 6) is 0.261. The molecule has 0 unspecified atom stereocenters. The largest absolute Gasteiger partial charge is 0.322 e. The first-order valence-corrected chi connectivity index (χ1v) is 8.99. The molecule has 0 saturated heterocycles. The number of hydrogen-bond acceptors (Lipinski definition) is 3. The standard InChI is InChI=1S/C19H19ClN4O/c20-14-7-8-15(13-5-2-1-3-6-13)17(11-14)23-19(25)16-12-22-24-10-4-9-21-18(16)24/h4,7-13H,1-3,5-6H2,(H,23,25). The second-order valence-corrected chi connectivity index (χ2v) is 6.90. The Morgan fingerprint density at radius 2 is 2.08 bits per heavy atom. The molecule has 25 heavy (non-hydrogen) atoms. The molecule has 1 aliphatic carbocycles. The van der Waals surface area contributed by atoms with Crippen LogP contribution in [0.4, 0.5) is 5.69 Å². The van der Waals surface area contributed by atoms with Gasteiger partial charge >= 0.3 is 0 Å². The van der Waals surface area contributed by atoms with Gasteiger partial charge in [-0.05, 0) is 42.5 Å². The van der Waals surface area contributed by atoms with Crippen molar-refractivity contribution in [2.24, 2.45) is 0 Å². The molecule has 0 bridgehead atoms. The van der Waals surface area contributed by atoms with Crippen LogP contribution >= 0.6 is 11.6 Å². The molecule has 1 N–H and O–H groups in total. The summed E-state index contributed by atoms with van der Waals surface area (Å²) in [6.45, 7) is 0. The van der Waals surface area contributed by atoms with Gasteiger partial charge in [0.05, 0.1) is 6.20 Å². The van der Waals surface area contributed by atoms with Crippen molar-refractivity contribution < 1.29 is 4.79 Å². The number of nitrogens with one attached hydrogen (secondary N) is 1. The molecule has 1 fully saturated rings. The van der Waals surface area contributed by atoms with Gasteiger partial charge in [0.2, 0.25) is 0 Å². The minimum Gasteiger partial charge on any atom is -0.322 e. The third-order valence-electron chi connectivity index (χ3n) is 4.83. The Morgan fingerprint density at radius 1 is 1.24 bits per heavy atom. The van der Waals surface area contributed by atoms with Crippen LogP contribution in [0.15, 0.2) is 42.9 Å². The number of nitrogens with zero attached hydrogens (tertiary/aromatic N) is 3. The third kappa shape index (κ3) is 3.24. The van der Waals surface area contributed by atoms with Gasteiger partial charge in [-0.15, -0.1) is 0 Å². The molecular formula is C19H19ClN4O. The van der Waals surface area contributed by atoms with E-state index in [-0.39, 0.29) is 5.91 Å². The van der Waals surface area contributed by atoms with E-state index in [1.807, 2.05) is 18.2 Å². The van der Waals surface area contributed by atoms with Crippen molar-refractivity contribution in [2.75, 3.05) is 5.32 Å². The summed E-state index contributed by atoms with van der Waals surface area (Å²) in [6, 6.07) is 7.56. The normalized spacial score (nSPS) is 15.4. The maximum atomic E-state index is 12.8. The molecule has 128 valence electrons. The second-order valence-electron chi connectivity index (χ2n) is 6.47. The number of hydrogen-bond donors (Lipinski definition) is 1. The highest BCUT2D eigenvalue weighted by atomic mass is 35.5. The minimum atomic E-state index is -0.215. The molecule has 1 saturated carbocycles. The van der Waals surface area contributed by atoms with Gasteiger partial charge in [-0.3, -0.25) is 4.79 Å². The van der Waals surface area contributed by atoms with Crippen LogP contribution in [-0.4, -0.2) is 20.5 Å². The van der Waals surface area contributed by atoms with Crippen LogP contribution in [0.3, 0.4) is 0 Å². The van der Waals surface area contributed by atoms with E-state index in [0.717, 1.165) is 18.5 Å². The number of aromatic nitrogens is 3. The van der Waals surface area contributed by atoms with E-state index in [0.29, 0.717) is 22.2 Å². The molecule has 0 atom stereocenters. The van der Waals surface area contributed by atoms with Gasteiger partial charge in [0.1, 0.15) is 5.56 Å². The van der Waals surface area contributed by atoms with Crippen LogP contribution in [0.1, 0.15) is 53.9 Å². The van der Waals surface area contributed by atoms with Crippen molar-refractivity contribution in [1.29, 1.82) is 0 Å². The van der Waals surface area contributed by atoms with Gasteiger partial charge in [-0.2, -0.15) is 5.10 Å². The lowest BCUT2D eigenvalue weighted by Gasteiger charge is -2.24. The molecule has 3 aromatic rings. The van der Waals surface area contributed by atoms with Crippen LogP contribution in [0.25, 0.3) is 5.65 Å². The van der Waals surface area contributed by atoms with Gasteiger partial charge < -0.3 is 5.32 Å². The number of carbonyl (C=O) groups is 1. The van der Waals surface area contributed by atoms with E-state index in [1.165, 1.54) is 24.8 Å². The van der Waals surface area contributed by atoms with E-state index in [9.17, 15) is 4.79 Å². The van der Waals surface area contributed by atoms with Gasteiger partial charge in [-0.1, -0.05) is 36.9 Å². The fourth-order valence-corrected chi connectivity index (χ4v) is 3.76. The lowest BCUT2D eigenvalue weighted by molar-refractivity contribution is 0.102. The zero-order valence-corrected chi connectivity index (χ0v) is 14.5. The van der Waals surface area contributed by atoms with Gasteiger partial charge in [0.25, 0.3) is 5.91 Å². The van der Waals surface area contributed by atoms with Crippen molar-refractivity contribution in [3.63, 3.8) is 0 Å². The van der Waals surface area contributed by atoms with E-state index < -0.39 is 0 Å². The Labute approximate surface area is 151 Å². The van der Waals surface area contributed by atoms with Crippen molar-refractivity contribution in [1.82, 2.24) is 14.6 Å². The van der Waals surface area contributed by atoms with Gasteiger partial charge in [0, 0.05) is 23.1 Å². The first-order chi connectivity index (χ1) is 12.2. The predicted molar refractivity (Wildman–Crippen MR) is 98.2 cm³/mol. The van der Waals surface area contributed by atoms with Crippen LogP contribution in [0.2, 0.25) is 5.02 Å². The summed E-state index contributed by atoms with van der Waals surface area (Å²) in [5, 5.41) is 7.82. The average molecular weight is 355 g/mol.